The van der Waals surface area contributed by atoms with Crippen LogP contribution in [0.5, 0.6) is 0 Å². The first-order valence-electron chi connectivity index (χ1n) is 5.83. The first-order chi connectivity index (χ1) is 7.22. The highest BCUT2D eigenvalue weighted by Crippen LogP contribution is 2.31. The molecule has 0 saturated heterocycles. The fourth-order valence-corrected chi connectivity index (χ4v) is 2.72. The molecule has 1 saturated carbocycles. The number of rotatable bonds is 4. The Morgan fingerprint density at radius 2 is 1.93 bits per heavy atom. The average molecular weight is 222 g/mol. The van der Waals surface area contributed by atoms with E-state index in [9.17, 15) is 0 Å². The molecule has 0 spiro atoms. The highest BCUT2D eigenvalue weighted by molar-refractivity contribution is 8.02. The number of hydrogen-bond acceptors (Lipinski definition) is 1. The summed E-state index contributed by atoms with van der Waals surface area (Å²) >= 11 is 1.99. The normalized spacial score (nSPS) is 28.3. The summed E-state index contributed by atoms with van der Waals surface area (Å²) < 4.78 is 0. The Kier molecular flexibility index (Phi) is 5.85. The van der Waals surface area contributed by atoms with Crippen LogP contribution in [0.4, 0.5) is 0 Å². The van der Waals surface area contributed by atoms with E-state index in [-0.39, 0.29) is 0 Å². The molecule has 1 aliphatic carbocycles. The van der Waals surface area contributed by atoms with Gasteiger partial charge in [-0.2, -0.15) is 0 Å². The molecular formula is C14H22S. The lowest BCUT2D eigenvalue weighted by Gasteiger charge is -2.24. The minimum atomic E-state index is 0.856. The van der Waals surface area contributed by atoms with E-state index in [1.165, 1.54) is 31.3 Å². The van der Waals surface area contributed by atoms with Gasteiger partial charge in [-0.15, -0.1) is 11.8 Å². The van der Waals surface area contributed by atoms with Gasteiger partial charge in [0.1, 0.15) is 0 Å². The summed E-state index contributed by atoms with van der Waals surface area (Å²) in [6.45, 7) is 8.17. The Hall–Kier alpha value is -0.430. The van der Waals surface area contributed by atoms with Crippen molar-refractivity contribution in [3.8, 4) is 0 Å². The summed E-state index contributed by atoms with van der Waals surface area (Å²) in [5.74, 6) is 0.953. The summed E-state index contributed by atoms with van der Waals surface area (Å²) in [6.07, 6.45) is 11.7. The van der Waals surface area contributed by atoms with Crippen LogP contribution in [-0.4, -0.2) is 5.25 Å². The maximum absolute atomic E-state index is 3.73. The van der Waals surface area contributed by atoms with Crippen molar-refractivity contribution in [3.63, 3.8) is 0 Å². The third-order valence-corrected chi connectivity index (χ3v) is 4.16. The third kappa shape index (κ3) is 5.27. The highest BCUT2D eigenvalue weighted by atomic mass is 32.2. The van der Waals surface area contributed by atoms with Crippen LogP contribution in [0.3, 0.4) is 0 Å². The summed E-state index contributed by atoms with van der Waals surface area (Å²) in [5.41, 5.74) is 1.23. The average Bonchev–Trinajstić information content (AvgIpc) is 2.26. The van der Waals surface area contributed by atoms with Crippen molar-refractivity contribution < 1.29 is 0 Å². The van der Waals surface area contributed by atoms with Gasteiger partial charge in [0.2, 0.25) is 0 Å². The van der Waals surface area contributed by atoms with Gasteiger partial charge in [0.25, 0.3) is 0 Å². The smallest absolute Gasteiger partial charge is 0.00886 e. The number of hydrogen-bond donors (Lipinski definition) is 0. The topological polar surface area (TPSA) is 0 Å². The molecule has 0 aromatic rings. The maximum Gasteiger partial charge on any atom is 0.00886 e. The second-order valence-corrected chi connectivity index (χ2v) is 5.67. The lowest BCUT2D eigenvalue weighted by atomic mass is 9.91. The Bertz CT molecular complexity index is 242. The Morgan fingerprint density at radius 1 is 1.27 bits per heavy atom. The molecule has 0 aliphatic heterocycles. The molecule has 1 heteroatoms. The lowest BCUT2D eigenvalue weighted by Crippen LogP contribution is -2.13. The van der Waals surface area contributed by atoms with Crippen molar-refractivity contribution in [2.45, 2.75) is 44.8 Å². The fraction of sp³-hybridized carbons (Fsp3) is 0.571. The van der Waals surface area contributed by atoms with Gasteiger partial charge in [-0.25, -0.2) is 0 Å². The summed E-state index contributed by atoms with van der Waals surface area (Å²) in [5, 5.41) is 3.09. The predicted molar refractivity (Wildman–Crippen MR) is 72.1 cm³/mol. The van der Waals surface area contributed by atoms with E-state index in [1.807, 2.05) is 17.8 Å². The van der Waals surface area contributed by atoms with Gasteiger partial charge >= 0.3 is 0 Å². The Balaban J connectivity index is 2.22. The zero-order valence-corrected chi connectivity index (χ0v) is 10.7. The van der Waals surface area contributed by atoms with Gasteiger partial charge in [0.05, 0.1) is 0 Å². The van der Waals surface area contributed by atoms with E-state index < -0.39 is 0 Å². The van der Waals surface area contributed by atoms with Crippen LogP contribution in [-0.2, 0) is 0 Å². The van der Waals surface area contributed by atoms with Gasteiger partial charge in [0.15, 0.2) is 0 Å². The predicted octanol–water partition coefficient (Wildman–Crippen LogP) is 4.94. The number of allylic oxidation sites excluding steroid dienone is 4. The third-order valence-electron chi connectivity index (χ3n) is 2.99. The minimum absolute atomic E-state index is 0.856. The molecule has 0 atom stereocenters. The van der Waals surface area contributed by atoms with Crippen LogP contribution >= 0.6 is 11.8 Å². The quantitative estimate of drug-likeness (QED) is 0.607. The van der Waals surface area contributed by atoms with Gasteiger partial charge in [-0.1, -0.05) is 37.3 Å². The van der Waals surface area contributed by atoms with Crippen LogP contribution in [0.25, 0.3) is 0 Å². The molecule has 15 heavy (non-hydrogen) atoms. The van der Waals surface area contributed by atoms with E-state index >= 15 is 0 Å². The molecule has 84 valence electrons. The minimum Gasteiger partial charge on any atom is -0.131 e. The van der Waals surface area contributed by atoms with Crippen LogP contribution in [0.15, 0.2) is 35.8 Å². The molecule has 0 aromatic heterocycles. The van der Waals surface area contributed by atoms with Crippen LogP contribution < -0.4 is 0 Å². The maximum atomic E-state index is 3.73. The fourth-order valence-electron chi connectivity index (χ4n) is 1.78. The number of thioether (sulfide) groups is 1. The molecule has 0 aromatic carbocycles. The van der Waals surface area contributed by atoms with Gasteiger partial charge in [-0.3, -0.25) is 0 Å². The van der Waals surface area contributed by atoms with Crippen LogP contribution in [0.2, 0.25) is 0 Å². The molecule has 0 amide bonds. The molecule has 0 N–H and O–H groups in total. The van der Waals surface area contributed by atoms with Crippen molar-refractivity contribution in [2.75, 3.05) is 0 Å². The van der Waals surface area contributed by atoms with Crippen LogP contribution in [0, 0.1) is 5.92 Å². The molecule has 1 fully saturated rings. The standard InChI is InChI=1S/C14H22S/c1-4-12(2)6-5-11-15-14-9-7-13(3)8-10-14/h4-6,11,13-14H,1,7-10H2,2-3H3/b11-5+,12-6-. The molecule has 1 rings (SSSR count). The van der Waals surface area contributed by atoms with E-state index in [4.69, 9.17) is 0 Å². The monoisotopic (exact) mass is 222 g/mol. The van der Waals surface area contributed by atoms with Crippen molar-refractivity contribution in [3.05, 3.63) is 35.8 Å². The van der Waals surface area contributed by atoms with Crippen molar-refractivity contribution in [1.82, 2.24) is 0 Å². The second-order valence-electron chi connectivity index (χ2n) is 4.46. The van der Waals surface area contributed by atoms with Crippen molar-refractivity contribution >= 4 is 11.8 Å². The summed E-state index contributed by atoms with van der Waals surface area (Å²) in [7, 11) is 0. The van der Waals surface area contributed by atoms with Gasteiger partial charge < -0.3 is 0 Å². The van der Waals surface area contributed by atoms with E-state index in [0.29, 0.717) is 0 Å². The lowest BCUT2D eigenvalue weighted by molar-refractivity contribution is 0.393. The molecule has 1 aliphatic rings. The molecule has 0 bridgehead atoms. The van der Waals surface area contributed by atoms with Crippen molar-refractivity contribution in [2.24, 2.45) is 5.92 Å². The van der Waals surface area contributed by atoms with E-state index in [2.05, 4.69) is 38.0 Å². The Labute approximate surface area is 98.5 Å². The van der Waals surface area contributed by atoms with E-state index in [1.54, 1.807) is 0 Å². The first-order valence-corrected chi connectivity index (χ1v) is 6.78. The molecular weight excluding hydrogens is 200 g/mol. The van der Waals surface area contributed by atoms with E-state index in [0.717, 1.165) is 11.2 Å². The summed E-state index contributed by atoms with van der Waals surface area (Å²) in [4.78, 5) is 0. The Morgan fingerprint density at radius 3 is 2.53 bits per heavy atom. The zero-order chi connectivity index (χ0) is 11.1. The SMILES string of the molecule is C=C/C(C)=C\C=C\SC1CCC(C)CC1. The van der Waals surface area contributed by atoms with Gasteiger partial charge in [-0.05, 0) is 43.9 Å². The zero-order valence-electron chi connectivity index (χ0n) is 9.91. The molecule has 0 unspecified atom stereocenters. The molecule has 0 radical (unpaired) electrons. The van der Waals surface area contributed by atoms with Crippen molar-refractivity contribution in [1.29, 1.82) is 0 Å². The largest absolute Gasteiger partial charge is 0.131 e. The van der Waals surface area contributed by atoms with Gasteiger partial charge in [0, 0.05) is 5.25 Å². The second kappa shape index (κ2) is 6.95. The summed E-state index contributed by atoms with van der Waals surface area (Å²) in [6, 6.07) is 0. The van der Waals surface area contributed by atoms with Crippen LogP contribution in [0.1, 0.15) is 39.5 Å². The molecule has 0 nitrogen and oxygen atoms in total. The molecule has 0 heterocycles. The highest BCUT2D eigenvalue weighted by Gasteiger charge is 2.17. The first kappa shape index (κ1) is 12.6.